The summed E-state index contributed by atoms with van der Waals surface area (Å²) >= 11 is 0. The minimum absolute atomic E-state index is 0.171. The van der Waals surface area contributed by atoms with E-state index in [-0.39, 0.29) is 18.6 Å². The normalized spacial score (nSPS) is 13.9. The highest BCUT2D eigenvalue weighted by Crippen LogP contribution is 2.05. The quantitative estimate of drug-likeness (QED) is 0.719. The van der Waals surface area contributed by atoms with Gasteiger partial charge in [-0.25, -0.2) is 4.79 Å². The second-order valence-electron chi connectivity index (χ2n) is 4.17. The van der Waals surface area contributed by atoms with Crippen LogP contribution in [0.1, 0.15) is 40.5 Å². The number of aliphatic carboxylic acids is 1. The van der Waals surface area contributed by atoms with Gasteiger partial charge in [-0.3, -0.25) is 4.79 Å². The molecule has 2 unspecified atom stereocenters. The van der Waals surface area contributed by atoms with Gasteiger partial charge in [-0.2, -0.15) is 0 Å². The molecule has 2 atom stereocenters. The summed E-state index contributed by atoms with van der Waals surface area (Å²) in [6.45, 7) is 8.55. The van der Waals surface area contributed by atoms with Gasteiger partial charge in [0.15, 0.2) is 0 Å². The molecule has 0 heterocycles. The van der Waals surface area contributed by atoms with Crippen molar-refractivity contribution in [2.45, 2.75) is 46.6 Å². The van der Waals surface area contributed by atoms with Crippen LogP contribution < -0.4 is 5.32 Å². The molecule has 0 spiro atoms. The van der Waals surface area contributed by atoms with Crippen LogP contribution in [0.4, 0.5) is 4.79 Å². The van der Waals surface area contributed by atoms with Gasteiger partial charge < -0.3 is 15.3 Å². The van der Waals surface area contributed by atoms with Gasteiger partial charge in [-0.1, -0.05) is 13.8 Å². The predicted octanol–water partition coefficient (Wildman–Crippen LogP) is 1.93. The minimum atomic E-state index is -0.862. The maximum absolute atomic E-state index is 11.8. The molecule has 0 aliphatic heterocycles. The topological polar surface area (TPSA) is 69.6 Å². The third kappa shape index (κ3) is 5.06. The minimum Gasteiger partial charge on any atom is -0.481 e. The number of carbonyl (C=O) groups is 2. The highest BCUT2D eigenvalue weighted by atomic mass is 16.4. The van der Waals surface area contributed by atoms with Gasteiger partial charge in [-0.05, 0) is 26.7 Å². The van der Waals surface area contributed by atoms with Gasteiger partial charge in [-0.15, -0.1) is 0 Å². The molecule has 0 saturated heterocycles. The maximum Gasteiger partial charge on any atom is 0.317 e. The highest BCUT2D eigenvalue weighted by Gasteiger charge is 2.20. The number of nitrogens with zero attached hydrogens (tertiary/aromatic N) is 1. The third-order valence-electron chi connectivity index (χ3n) is 3.07. The van der Waals surface area contributed by atoms with Crippen LogP contribution in [-0.4, -0.2) is 41.1 Å². The van der Waals surface area contributed by atoms with Crippen molar-refractivity contribution in [2.24, 2.45) is 5.92 Å². The zero-order valence-electron chi connectivity index (χ0n) is 11.2. The Balaban J connectivity index is 4.27. The Morgan fingerprint density at radius 3 is 2.18 bits per heavy atom. The average Bonchev–Trinajstić information content (AvgIpc) is 2.29. The first-order chi connectivity index (χ1) is 7.97. The first-order valence-electron chi connectivity index (χ1n) is 6.25. The van der Waals surface area contributed by atoms with Crippen LogP contribution in [0, 0.1) is 5.92 Å². The van der Waals surface area contributed by atoms with Crippen LogP contribution >= 0.6 is 0 Å². The van der Waals surface area contributed by atoms with Crippen molar-refractivity contribution in [2.75, 3.05) is 13.1 Å². The average molecular weight is 244 g/mol. The molecule has 0 aromatic heterocycles. The van der Waals surface area contributed by atoms with Crippen molar-refractivity contribution in [3.8, 4) is 0 Å². The number of carboxylic acids is 1. The Bertz CT molecular complexity index is 256. The molecule has 0 bridgehead atoms. The molecule has 0 aliphatic carbocycles. The van der Waals surface area contributed by atoms with E-state index in [1.165, 1.54) is 0 Å². The van der Waals surface area contributed by atoms with Crippen LogP contribution in [0.2, 0.25) is 0 Å². The number of hydrogen-bond donors (Lipinski definition) is 2. The third-order valence-corrected chi connectivity index (χ3v) is 3.07. The predicted molar refractivity (Wildman–Crippen MR) is 66.9 cm³/mol. The summed E-state index contributed by atoms with van der Waals surface area (Å²) in [7, 11) is 0. The van der Waals surface area contributed by atoms with E-state index in [0.29, 0.717) is 13.0 Å². The van der Waals surface area contributed by atoms with Gasteiger partial charge >= 0.3 is 12.0 Å². The summed E-state index contributed by atoms with van der Waals surface area (Å²) in [4.78, 5) is 24.4. The zero-order valence-corrected chi connectivity index (χ0v) is 11.2. The highest BCUT2D eigenvalue weighted by molar-refractivity contribution is 5.76. The lowest BCUT2D eigenvalue weighted by molar-refractivity contribution is -0.141. The molecular weight excluding hydrogens is 220 g/mol. The number of urea groups is 1. The second-order valence-corrected chi connectivity index (χ2v) is 4.17. The van der Waals surface area contributed by atoms with E-state index < -0.39 is 11.9 Å². The van der Waals surface area contributed by atoms with E-state index in [4.69, 9.17) is 5.11 Å². The number of rotatable bonds is 7. The van der Waals surface area contributed by atoms with E-state index in [9.17, 15) is 9.59 Å². The number of carbonyl (C=O) groups excluding carboxylic acids is 1. The zero-order chi connectivity index (χ0) is 13.4. The standard InChI is InChI=1S/C12H24N2O3/c1-5-9(4)14(7-3)12(17)13-8-10(6-2)11(15)16/h9-10H,5-8H2,1-4H3,(H,13,17)(H,15,16). The maximum atomic E-state index is 11.8. The lowest BCUT2D eigenvalue weighted by Gasteiger charge is -2.27. The van der Waals surface area contributed by atoms with E-state index >= 15 is 0 Å². The van der Waals surface area contributed by atoms with Crippen LogP contribution in [-0.2, 0) is 4.79 Å². The molecule has 2 N–H and O–H groups in total. The Kier molecular flexibility index (Phi) is 7.34. The van der Waals surface area contributed by atoms with Gasteiger partial charge in [0.25, 0.3) is 0 Å². The van der Waals surface area contributed by atoms with E-state index in [2.05, 4.69) is 5.32 Å². The van der Waals surface area contributed by atoms with Crippen molar-refractivity contribution in [1.82, 2.24) is 10.2 Å². The lowest BCUT2D eigenvalue weighted by atomic mass is 10.1. The molecule has 0 aromatic carbocycles. The van der Waals surface area contributed by atoms with Crippen LogP contribution in [0.15, 0.2) is 0 Å². The van der Waals surface area contributed by atoms with E-state index in [1.54, 1.807) is 11.8 Å². The summed E-state index contributed by atoms with van der Waals surface area (Å²) in [5, 5.41) is 11.6. The SMILES string of the molecule is CCC(CNC(=O)N(CC)C(C)CC)C(=O)O. The Morgan fingerprint density at radius 2 is 1.82 bits per heavy atom. The Labute approximate surface area is 103 Å². The fourth-order valence-corrected chi connectivity index (χ4v) is 1.59. The van der Waals surface area contributed by atoms with Crippen LogP contribution in [0.5, 0.6) is 0 Å². The number of hydrogen-bond acceptors (Lipinski definition) is 2. The van der Waals surface area contributed by atoms with Crippen LogP contribution in [0.25, 0.3) is 0 Å². The fraction of sp³-hybridized carbons (Fsp3) is 0.833. The Hall–Kier alpha value is -1.26. The lowest BCUT2D eigenvalue weighted by Crippen LogP contribution is -2.46. The molecule has 17 heavy (non-hydrogen) atoms. The molecule has 5 heteroatoms. The number of amides is 2. The first kappa shape index (κ1) is 15.7. The van der Waals surface area contributed by atoms with Gasteiger partial charge in [0.05, 0.1) is 5.92 Å². The van der Waals surface area contributed by atoms with Gasteiger partial charge in [0, 0.05) is 19.1 Å². The Morgan fingerprint density at radius 1 is 1.24 bits per heavy atom. The molecule has 0 rings (SSSR count). The van der Waals surface area contributed by atoms with Crippen LogP contribution in [0.3, 0.4) is 0 Å². The van der Waals surface area contributed by atoms with Crippen molar-refractivity contribution in [1.29, 1.82) is 0 Å². The summed E-state index contributed by atoms with van der Waals surface area (Å²) in [6, 6.07) is -0.00791. The molecule has 0 saturated carbocycles. The molecule has 100 valence electrons. The fourth-order valence-electron chi connectivity index (χ4n) is 1.59. The molecule has 0 fully saturated rings. The summed E-state index contributed by atoms with van der Waals surface area (Å²) in [6.07, 6.45) is 1.41. The van der Waals surface area contributed by atoms with Crippen molar-refractivity contribution in [3.63, 3.8) is 0 Å². The molecule has 0 aliphatic rings. The van der Waals surface area contributed by atoms with Gasteiger partial charge in [0.1, 0.15) is 0 Å². The first-order valence-corrected chi connectivity index (χ1v) is 6.25. The second kappa shape index (κ2) is 7.92. The molecule has 2 amide bonds. The molecular formula is C12H24N2O3. The van der Waals surface area contributed by atoms with Crippen molar-refractivity contribution in [3.05, 3.63) is 0 Å². The van der Waals surface area contributed by atoms with E-state index in [1.807, 2.05) is 20.8 Å². The van der Waals surface area contributed by atoms with Crippen molar-refractivity contribution < 1.29 is 14.7 Å². The largest absolute Gasteiger partial charge is 0.481 e. The summed E-state index contributed by atoms with van der Waals surface area (Å²) in [5.74, 6) is -1.37. The smallest absolute Gasteiger partial charge is 0.317 e. The molecule has 5 nitrogen and oxygen atoms in total. The van der Waals surface area contributed by atoms with E-state index in [0.717, 1.165) is 6.42 Å². The summed E-state index contributed by atoms with van der Waals surface area (Å²) in [5.41, 5.74) is 0. The number of carboxylic acid groups (broad SMARTS) is 1. The molecule has 0 radical (unpaired) electrons. The monoisotopic (exact) mass is 244 g/mol. The summed E-state index contributed by atoms with van der Waals surface area (Å²) < 4.78 is 0. The molecule has 0 aromatic rings. The number of nitrogens with one attached hydrogen (secondary N) is 1. The van der Waals surface area contributed by atoms with Gasteiger partial charge in [0.2, 0.25) is 0 Å². The van der Waals surface area contributed by atoms with Crippen molar-refractivity contribution >= 4 is 12.0 Å².